The summed E-state index contributed by atoms with van der Waals surface area (Å²) in [7, 11) is 0. The second kappa shape index (κ2) is 5.73. The van der Waals surface area contributed by atoms with E-state index in [0.29, 0.717) is 12.5 Å². The highest BCUT2D eigenvalue weighted by atomic mass is 16.5. The van der Waals surface area contributed by atoms with Crippen LogP contribution in [0.15, 0.2) is 18.3 Å². The third-order valence-electron chi connectivity index (χ3n) is 3.10. The molecule has 1 fully saturated rings. The molecule has 1 heterocycles. The number of nitrogens with one attached hydrogen (secondary N) is 1. The molecular weight excluding hydrogens is 200 g/mol. The molecule has 0 radical (unpaired) electrons. The van der Waals surface area contributed by atoms with E-state index in [9.17, 15) is 0 Å². The lowest BCUT2D eigenvalue weighted by Crippen LogP contribution is -2.11. The quantitative estimate of drug-likeness (QED) is 0.828. The molecule has 0 unspecified atom stereocenters. The van der Waals surface area contributed by atoms with Gasteiger partial charge in [-0.25, -0.2) is 4.98 Å². The molecule has 1 aliphatic rings. The van der Waals surface area contributed by atoms with Crippen molar-refractivity contribution in [3.8, 4) is 5.88 Å². The van der Waals surface area contributed by atoms with Crippen molar-refractivity contribution in [2.75, 3.05) is 18.5 Å². The standard InChI is InChI=1S/C13H20N2O/c1-2-16-13-8-7-12(10-15-13)14-9-11-5-3-4-6-11/h7-8,10-11,14H,2-6,9H2,1H3. The summed E-state index contributed by atoms with van der Waals surface area (Å²) >= 11 is 0. The first-order chi connectivity index (χ1) is 7.88. The van der Waals surface area contributed by atoms with Crippen molar-refractivity contribution in [2.45, 2.75) is 32.6 Å². The number of hydrogen-bond donors (Lipinski definition) is 1. The fraction of sp³-hybridized carbons (Fsp3) is 0.615. The Morgan fingerprint density at radius 2 is 2.19 bits per heavy atom. The van der Waals surface area contributed by atoms with E-state index in [0.717, 1.165) is 18.2 Å². The fourth-order valence-corrected chi connectivity index (χ4v) is 2.19. The first kappa shape index (κ1) is 11.2. The first-order valence-electron chi connectivity index (χ1n) is 6.21. The van der Waals surface area contributed by atoms with Gasteiger partial charge >= 0.3 is 0 Å². The number of nitrogens with zero attached hydrogens (tertiary/aromatic N) is 1. The van der Waals surface area contributed by atoms with Gasteiger partial charge in [0.05, 0.1) is 18.5 Å². The molecule has 1 N–H and O–H groups in total. The summed E-state index contributed by atoms with van der Waals surface area (Å²) in [4.78, 5) is 4.23. The SMILES string of the molecule is CCOc1ccc(NCC2CCCC2)cn1. The minimum Gasteiger partial charge on any atom is -0.478 e. The number of hydrogen-bond acceptors (Lipinski definition) is 3. The van der Waals surface area contributed by atoms with Gasteiger partial charge in [-0.3, -0.25) is 0 Å². The Labute approximate surface area is 97.2 Å². The molecule has 1 aromatic rings. The molecule has 1 aromatic heterocycles. The summed E-state index contributed by atoms with van der Waals surface area (Å²) < 4.78 is 5.30. The zero-order valence-corrected chi connectivity index (χ0v) is 9.91. The van der Waals surface area contributed by atoms with Crippen molar-refractivity contribution in [3.63, 3.8) is 0 Å². The fourth-order valence-electron chi connectivity index (χ4n) is 2.19. The number of rotatable bonds is 5. The Kier molecular flexibility index (Phi) is 4.03. The van der Waals surface area contributed by atoms with E-state index in [4.69, 9.17) is 4.74 Å². The van der Waals surface area contributed by atoms with Crippen molar-refractivity contribution in [1.29, 1.82) is 0 Å². The van der Waals surface area contributed by atoms with E-state index in [2.05, 4.69) is 10.3 Å². The highest BCUT2D eigenvalue weighted by Crippen LogP contribution is 2.25. The molecule has 3 nitrogen and oxygen atoms in total. The van der Waals surface area contributed by atoms with Gasteiger partial charge in [0.1, 0.15) is 0 Å². The maximum absolute atomic E-state index is 5.30. The van der Waals surface area contributed by atoms with E-state index in [1.54, 1.807) is 0 Å². The van der Waals surface area contributed by atoms with Crippen LogP contribution in [0, 0.1) is 5.92 Å². The van der Waals surface area contributed by atoms with Crippen LogP contribution in [-0.2, 0) is 0 Å². The molecule has 0 aromatic carbocycles. The van der Waals surface area contributed by atoms with Crippen molar-refractivity contribution < 1.29 is 4.74 Å². The molecule has 0 atom stereocenters. The van der Waals surface area contributed by atoms with E-state index in [1.165, 1.54) is 25.7 Å². The summed E-state index contributed by atoms with van der Waals surface area (Å²) in [5.41, 5.74) is 1.09. The summed E-state index contributed by atoms with van der Waals surface area (Å²) in [5.74, 6) is 1.56. The van der Waals surface area contributed by atoms with Crippen LogP contribution in [0.2, 0.25) is 0 Å². The molecule has 0 aliphatic heterocycles. The van der Waals surface area contributed by atoms with Crippen LogP contribution < -0.4 is 10.1 Å². The van der Waals surface area contributed by atoms with Gasteiger partial charge in [0.2, 0.25) is 5.88 Å². The second-order valence-corrected chi connectivity index (χ2v) is 4.35. The molecule has 2 rings (SSSR count). The average molecular weight is 220 g/mol. The minimum absolute atomic E-state index is 0.669. The number of ether oxygens (including phenoxy) is 1. The molecule has 1 saturated carbocycles. The van der Waals surface area contributed by atoms with Gasteiger partial charge in [0.15, 0.2) is 0 Å². The smallest absolute Gasteiger partial charge is 0.213 e. The predicted octanol–water partition coefficient (Wildman–Crippen LogP) is 3.08. The van der Waals surface area contributed by atoms with Crippen molar-refractivity contribution >= 4 is 5.69 Å². The lowest BCUT2D eigenvalue weighted by molar-refractivity contribution is 0.327. The first-order valence-corrected chi connectivity index (χ1v) is 6.21. The summed E-state index contributed by atoms with van der Waals surface area (Å²) in [5, 5.41) is 3.44. The highest BCUT2D eigenvalue weighted by molar-refractivity contribution is 5.41. The molecule has 0 saturated heterocycles. The maximum Gasteiger partial charge on any atom is 0.213 e. The average Bonchev–Trinajstić information content (AvgIpc) is 2.82. The minimum atomic E-state index is 0.669. The molecule has 16 heavy (non-hydrogen) atoms. The summed E-state index contributed by atoms with van der Waals surface area (Å²) in [6, 6.07) is 3.95. The van der Waals surface area contributed by atoms with Crippen LogP contribution in [0.1, 0.15) is 32.6 Å². The van der Waals surface area contributed by atoms with Crippen molar-refractivity contribution in [3.05, 3.63) is 18.3 Å². The Morgan fingerprint density at radius 1 is 1.38 bits per heavy atom. The topological polar surface area (TPSA) is 34.1 Å². The Balaban J connectivity index is 1.80. The molecule has 0 spiro atoms. The number of anilines is 1. The second-order valence-electron chi connectivity index (χ2n) is 4.35. The lowest BCUT2D eigenvalue weighted by Gasteiger charge is -2.11. The van der Waals surface area contributed by atoms with Crippen LogP contribution >= 0.6 is 0 Å². The number of pyridine rings is 1. The molecular formula is C13H20N2O. The monoisotopic (exact) mass is 220 g/mol. The number of aromatic nitrogens is 1. The van der Waals surface area contributed by atoms with E-state index in [-0.39, 0.29) is 0 Å². The molecule has 88 valence electrons. The van der Waals surface area contributed by atoms with Gasteiger partial charge in [-0.2, -0.15) is 0 Å². The molecule has 3 heteroatoms. The van der Waals surface area contributed by atoms with Crippen LogP contribution in [0.3, 0.4) is 0 Å². The Morgan fingerprint density at radius 3 is 2.81 bits per heavy atom. The van der Waals surface area contributed by atoms with Crippen molar-refractivity contribution in [2.24, 2.45) is 5.92 Å². The lowest BCUT2D eigenvalue weighted by atomic mass is 10.1. The summed E-state index contributed by atoms with van der Waals surface area (Å²) in [6.45, 7) is 3.71. The van der Waals surface area contributed by atoms with Gasteiger partial charge in [0, 0.05) is 12.6 Å². The molecule has 0 bridgehead atoms. The van der Waals surface area contributed by atoms with E-state index >= 15 is 0 Å². The van der Waals surface area contributed by atoms with Crippen LogP contribution in [0.4, 0.5) is 5.69 Å². The van der Waals surface area contributed by atoms with Gasteiger partial charge in [0.25, 0.3) is 0 Å². The Bertz CT molecular complexity index is 304. The third kappa shape index (κ3) is 3.12. The Hall–Kier alpha value is -1.25. The maximum atomic E-state index is 5.30. The van der Waals surface area contributed by atoms with E-state index < -0.39 is 0 Å². The van der Waals surface area contributed by atoms with Crippen LogP contribution in [-0.4, -0.2) is 18.1 Å². The molecule has 1 aliphatic carbocycles. The van der Waals surface area contributed by atoms with Gasteiger partial charge in [-0.1, -0.05) is 12.8 Å². The van der Waals surface area contributed by atoms with Gasteiger partial charge in [-0.05, 0) is 31.7 Å². The van der Waals surface area contributed by atoms with E-state index in [1.807, 2.05) is 25.3 Å². The predicted molar refractivity (Wildman–Crippen MR) is 65.9 cm³/mol. The molecule has 0 amide bonds. The zero-order chi connectivity index (χ0) is 11.2. The van der Waals surface area contributed by atoms with Gasteiger partial charge in [-0.15, -0.1) is 0 Å². The van der Waals surface area contributed by atoms with Crippen LogP contribution in [0.25, 0.3) is 0 Å². The highest BCUT2D eigenvalue weighted by Gasteiger charge is 2.14. The van der Waals surface area contributed by atoms with Crippen molar-refractivity contribution in [1.82, 2.24) is 4.98 Å². The van der Waals surface area contributed by atoms with Crippen LogP contribution in [0.5, 0.6) is 5.88 Å². The largest absolute Gasteiger partial charge is 0.478 e. The normalized spacial score (nSPS) is 16.3. The zero-order valence-electron chi connectivity index (χ0n) is 9.91. The summed E-state index contributed by atoms with van der Waals surface area (Å²) in [6.07, 6.45) is 7.39. The third-order valence-corrected chi connectivity index (χ3v) is 3.10. The van der Waals surface area contributed by atoms with Gasteiger partial charge < -0.3 is 10.1 Å².